The van der Waals surface area contributed by atoms with Gasteiger partial charge in [0.15, 0.2) is 6.29 Å². The second-order valence-corrected chi connectivity index (χ2v) is 17.7. The smallest absolute Gasteiger partial charge is 0.155 e. The van der Waals surface area contributed by atoms with Crippen molar-refractivity contribution >= 4 is 48.8 Å². The molecule has 71 heavy (non-hydrogen) atoms. The third-order valence-electron chi connectivity index (χ3n) is 12.9. The van der Waals surface area contributed by atoms with Crippen LogP contribution in [0.15, 0.2) is 213 Å². The van der Waals surface area contributed by atoms with E-state index in [-0.39, 0.29) is 6.10 Å². The molecule has 1 heterocycles. The maximum Gasteiger partial charge on any atom is 0.155 e. The first kappa shape index (κ1) is 51.7. The lowest BCUT2D eigenvalue weighted by molar-refractivity contribution is -0.135. The van der Waals surface area contributed by atoms with Gasteiger partial charge in [-0.15, -0.1) is 0 Å². The molecule has 6 nitrogen and oxygen atoms in total. The fourth-order valence-electron chi connectivity index (χ4n) is 9.30. The minimum absolute atomic E-state index is 0.0994. The van der Waals surface area contributed by atoms with Crippen LogP contribution in [0.25, 0.3) is 65.3 Å². The zero-order valence-electron chi connectivity index (χ0n) is 42.0. The number of aromatic nitrogens is 1. The topological polar surface area (TPSA) is 86.0 Å². The highest BCUT2D eigenvalue weighted by Crippen LogP contribution is 2.42. The fraction of sp³-hybridized carbons (Fsp3) is 0.215. The lowest BCUT2D eigenvalue weighted by Gasteiger charge is -2.25. The molecule has 0 saturated heterocycles. The van der Waals surface area contributed by atoms with E-state index in [9.17, 15) is 15.3 Å². The Morgan fingerprint density at radius 1 is 0.451 bits per heavy atom. The Hall–Kier alpha value is -7.19. The summed E-state index contributed by atoms with van der Waals surface area (Å²) in [4.78, 5) is 6.88. The van der Waals surface area contributed by atoms with Crippen molar-refractivity contribution in [2.24, 2.45) is 0 Å². The summed E-state index contributed by atoms with van der Waals surface area (Å²) in [5.74, 6) is 0. The molecule has 3 N–H and O–H groups in total. The Balaban J connectivity index is 0.000000147. The molecule has 10 rings (SSSR count). The Morgan fingerprint density at radius 3 is 1.38 bits per heavy atom. The number of aliphatic hydroxyl groups excluding tert-OH is 3. The van der Waals surface area contributed by atoms with Crippen LogP contribution in [-0.2, 0) is 4.74 Å². The van der Waals surface area contributed by atoms with Crippen molar-refractivity contribution in [3.05, 3.63) is 229 Å². The zero-order valence-corrected chi connectivity index (χ0v) is 42.0. The highest BCUT2D eigenvalue weighted by molar-refractivity contribution is 6.06. The molecule has 10 aromatic rings. The van der Waals surface area contributed by atoms with Crippen LogP contribution in [0.4, 0.5) is 5.69 Å². The Morgan fingerprint density at radius 2 is 0.887 bits per heavy atom. The molecule has 0 fully saturated rings. The number of fused-ring (bicyclic) bond motifs is 4. The van der Waals surface area contributed by atoms with Gasteiger partial charge in [-0.25, -0.2) is 0 Å². The van der Waals surface area contributed by atoms with Gasteiger partial charge in [0.25, 0.3) is 0 Å². The molecule has 0 radical (unpaired) electrons. The summed E-state index contributed by atoms with van der Waals surface area (Å²) < 4.78 is 5.64. The Bertz CT molecular complexity index is 3140. The maximum atomic E-state index is 9.73. The molecule has 0 bridgehead atoms. The van der Waals surface area contributed by atoms with Crippen LogP contribution in [0.1, 0.15) is 89.4 Å². The monoisotopic (exact) mass is 941 g/mol. The van der Waals surface area contributed by atoms with Crippen LogP contribution in [0.3, 0.4) is 0 Å². The van der Waals surface area contributed by atoms with Crippen molar-refractivity contribution in [1.82, 2.24) is 4.98 Å². The van der Waals surface area contributed by atoms with Gasteiger partial charge in [-0.2, -0.15) is 0 Å². The molecule has 2 unspecified atom stereocenters. The second kappa shape index (κ2) is 25.6. The first-order valence-electron chi connectivity index (χ1n) is 25.0. The van der Waals surface area contributed by atoms with Crippen LogP contribution in [0.5, 0.6) is 0 Å². The molecule has 0 spiro atoms. The predicted octanol–water partition coefficient (Wildman–Crippen LogP) is 16.2. The highest BCUT2D eigenvalue weighted by atomic mass is 16.6. The number of rotatable bonds is 12. The lowest BCUT2D eigenvalue weighted by atomic mass is 9.89. The van der Waals surface area contributed by atoms with E-state index >= 15 is 0 Å². The van der Waals surface area contributed by atoms with Gasteiger partial charge in [0.2, 0.25) is 0 Å². The van der Waals surface area contributed by atoms with Crippen LogP contribution in [-0.4, -0.2) is 39.7 Å². The van der Waals surface area contributed by atoms with Crippen molar-refractivity contribution < 1.29 is 20.1 Å². The Labute approximate surface area is 420 Å². The van der Waals surface area contributed by atoms with Gasteiger partial charge in [-0.05, 0) is 118 Å². The Kier molecular flexibility index (Phi) is 18.6. The van der Waals surface area contributed by atoms with E-state index in [1.165, 1.54) is 60.3 Å². The quantitative estimate of drug-likeness (QED) is 0.106. The number of benzene rings is 9. The molecule has 0 amide bonds. The van der Waals surface area contributed by atoms with Crippen molar-refractivity contribution in [2.45, 2.75) is 79.0 Å². The normalized spacial score (nSPS) is 12.6. The minimum Gasteiger partial charge on any atom is -0.389 e. The molecule has 1 aromatic heterocycles. The molecule has 362 valence electrons. The van der Waals surface area contributed by atoms with E-state index in [4.69, 9.17) is 4.74 Å². The van der Waals surface area contributed by atoms with Crippen molar-refractivity contribution in [3.8, 4) is 22.3 Å². The third-order valence-corrected chi connectivity index (χ3v) is 12.9. The van der Waals surface area contributed by atoms with E-state index in [1.54, 1.807) is 13.8 Å². The largest absolute Gasteiger partial charge is 0.389 e. The number of ether oxygens (including phenoxy) is 1. The fourth-order valence-corrected chi connectivity index (χ4v) is 9.30. The summed E-state index contributed by atoms with van der Waals surface area (Å²) in [5, 5.41) is 38.3. The molecule has 6 heteroatoms. The second-order valence-electron chi connectivity index (χ2n) is 17.7. The van der Waals surface area contributed by atoms with Crippen LogP contribution in [0, 0.1) is 0 Å². The standard InChI is InChI=1S/C25H24N2.C16H20O2.2C12H12O/c1-3-27(4-2)24-16-17-26-18-23(24)25-21-13-9-8-12-20(21)14-15-22(25)19-10-6-5-7-11-19;1-3-7-16(17)18-12(2)14-11-6-9-13-8-4-5-10-15(13)14;2*1-9(13)11-8-4-6-10-5-2-3-7-12(10)11/h5-18H,3-4H2,1-2H3;4-6,8-12,16-17H,3,7H2,1-2H3;2*2-9,13H,1H3/t;12-,16?;9-;/m.01./s1. The SMILES string of the molecule is CC(O)c1cccc2ccccc12.CCCC(O)O[C@@H](C)c1cccc2ccccc12.CCN(CC)c1ccncc1-c1c(-c2ccccc2)ccc2ccccc12.C[C@@H](O)c1cccc2ccccc12. The molecule has 0 aliphatic heterocycles. The average molecular weight is 941 g/mol. The minimum atomic E-state index is -0.677. The third kappa shape index (κ3) is 13.0. The van der Waals surface area contributed by atoms with Crippen molar-refractivity contribution in [3.63, 3.8) is 0 Å². The van der Waals surface area contributed by atoms with Crippen molar-refractivity contribution in [1.29, 1.82) is 0 Å². The summed E-state index contributed by atoms with van der Waals surface area (Å²) in [6, 6.07) is 68.5. The summed E-state index contributed by atoms with van der Waals surface area (Å²) in [6.07, 6.45) is 3.93. The van der Waals surface area contributed by atoms with E-state index in [0.717, 1.165) is 47.0 Å². The van der Waals surface area contributed by atoms with Gasteiger partial charge in [0.1, 0.15) is 0 Å². The number of aliphatic hydroxyl groups is 3. The molecule has 0 saturated carbocycles. The number of pyridine rings is 1. The van der Waals surface area contributed by atoms with E-state index in [1.807, 2.05) is 105 Å². The van der Waals surface area contributed by atoms with Gasteiger partial charge in [-0.1, -0.05) is 207 Å². The molecule has 4 atom stereocenters. The molecule has 9 aromatic carbocycles. The first-order chi connectivity index (χ1) is 34.6. The van der Waals surface area contributed by atoms with E-state index in [0.29, 0.717) is 6.42 Å². The van der Waals surface area contributed by atoms with Gasteiger partial charge in [0, 0.05) is 42.3 Å². The zero-order chi connectivity index (χ0) is 50.1. The summed E-state index contributed by atoms with van der Waals surface area (Å²) in [7, 11) is 0. The van der Waals surface area contributed by atoms with Crippen molar-refractivity contribution in [2.75, 3.05) is 18.0 Å². The maximum absolute atomic E-state index is 9.73. The highest BCUT2D eigenvalue weighted by Gasteiger charge is 2.18. The van der Waals surface area contributed by atoms with Crippen LogP contribution < -0.4 is 4.90 Å². The number of hydrogen-bond acceptors (Lipinski definition) is 6. The molecular formula is C65H68N2O4. The van der Waals surface area contributed by atoms with Crippen LogP contribution >= 0.6 is 0 Å². The first-order valence-corrected chi connectivity index (χ1v) is 25.0. The molecular weight excluding hydrogens is 873 g/mol. The number of anilines is 1. The number of nitrogens with zero attached hydrogens (tertiary/aromatic N) is 2. The van der Waals surface area contributed by atoms with Gasteiger partial charge < -0.3 is 25.0 Å². The predicted molar refractivity (Wildman–Crippen MR) is 300 cm³/mol. The average Bonchev–Trinajstić information content (AvgIpc) is 3.41. The summed E-state index contributed by atoms with van der Waals surface area (Å²) in [6.45, 7) is 14.0. The van der Waals surface area contributed by atoms with E-state index < -0.39 is 18.5 Å². The molecule has 0 aliphatic rings. The summed E-state index contributed by atoms with van der Waals surface area (Å²) in [5.41, 5.74) is 9.29. The van der Waals surface area contributed by atoms with E-state index in [2.05, 4.69) is 145 Å². The van der Waals surface area contributed by atoms with Gasteiger partial charge >= 0.3 is 0 Å². The number of hydrogen-bond donors (Lipinski definition) is 3. The lowest BCUT2D eigenvalue weighted by Crippen LogP contribution is -2.22. The summed E-state index contributed by atoms with van der Waals surface area (Å²) >= 11 is 0. The van der Waals surface area contributed by atoms with Gasteiger partial charge in [0.05, 0.1) is 18.3 Å². The van der Waals surface area contributed by atoms with Gasteiger partial charge in [-0.3, -0.25) is 4.98 Å². The van der Waals surface area contributed by atoms with Crippen LogP contribution in [0.2, 0.25) is 0 Å². The molecule has 0 aliphatic carbocycles.